The molecule has 5 nitrogen and oxygen atoms in total. The van der Waals surface area contributed by atoms with Crippen LogP contribution in [0.3, 0.4) is 0 Å². The summed E-state index contributed by atoms with van der Waals surface area (Å²) in [4.78, 5) is 16.6. The number of amides is 1. The number of benzene rings is 1. The minimum Gasteiger partial charge on any atom is -0.460 e. The monoisotopic (exact) mass is 340 g/mol. The lowest BCUT2D eigenvalue weighted by molar-refractivity contribution is -0.137. The van der Waals surface area contributed by atoms with Gasteiger partial charge in [0.2, 0.25) is 0 Å². The zero-order valence-corrected chi connectivity index (χ0v) is 12.9. The summed E-state index contributed by atoms with van der Waals surface area (Å²) in [7, 11) is 1.44. The van der Waals surface area contributed by atoms with Crippen molar-refractivity contribution in [3.8, 4) is 0 Å². The van der Waals surface area contributed by atoms with E-state index in [0.717, 1.165) is 12.1 Å². The molecule has 1 aromatic carbocycles. The third-order valence-corrected chi connectivity index (χ3v) is 3.42. The molecule has 0 aliphatic carbocycles. The van der Waals surface area contributed by atoms with Crippen molar-refractivity contribution in [2.75, 3.05) is 7.05 Å². The number of nitrogens with one attached hydrogen (secondary N) is 1. The number of rotatable bonds is 4. The molecule has 1 amide bonds. The van der Waals surface area contributed by atoms with Gasteiger partial charge in [0.25, 0.3) is 5.91 Å². The molecule has 1 aromatic heterocycles. The Balaban J connectivity index is 2.57. The molecule has 0 bridgehead atoms. The van der Waals surface area contributed by atoms with Crippen molar-refractivity contribution >= 4 is 17.2 Å². The first-order valence-corrected chi connectivity index (χ1v) is 6.84. The zero-order valence-electron chi connectivity index (χ0n) is 12.9. The summed E-state index contributed by atoms with van der Waals surface area (Å²) in [5.41, 5.74) is -0.112. The molecule has 0 saturated carbocycles. The molecule has 2 rings (SSSR count). The minimum atomic E-state index is -4.47. The number of carbonyl (C=O) groups excluding carboxylic acids is 1. The lowest BCUT2D eigenvalue weighted by atomic mass is 10.0. The van der Waals surface area contributed by atoms with E-state index in [1.807, 2.05) is 0 Å². The number of halogens is 3. The van der Waals surface area contributed by atoms with Crippen LogP contribution in [0.15, 0.2) is 41.0 Å². The van der Waals surface area contributed by atoms with Gasteiger partial charge in [-0.05, 0) is 30.7 Å². The van der Waals surface area contributed by atoms with Gasteiger partial charge in [0.05, 0.1) is 17.4 Å². The maximum Gasteiger partial charge on any atom is 0.416 e. The summed E-state index contributed by atoms with van der Waals surface area (Å²) < 4.78 is 43.8. The highest BCUT2D eigenvalue weighted by Crippen LogP contribution is 2.33. The van der Waals surface area contributed by atoms with Crippen molar-refractivity contribution in [1.29, 1.82) is 0 Å². The summed E-state index contributed by atoms with van der Waals surface area (Å²) in [6.07, 6.45) is -3.21. The van der Waals surface area contributed by atoms with Gasteiger partial charge in [-0.25, -0.2) is 0 Å². The van der Waals surface area contributed by atoms with Gasteiger partial charge in [-0.15, -0.1) is 0 Å². The second-order valence-electron chi connectivity index (χ2n) is 4.89. The van der Waals surface area contributed by atoms with Crippen molar-refractivity contribution in [2.45, 2.75) is 13.1 Å². The van der Waals surface area contributed by atoms with Gasteiger partial charge in [-0.2, -0.15) is 19.1 Å². The highest BCUT2D eigenvalue weighted by Gasteiger charge is 2.31. The molecule has 0 fully saturated rings. The molecule has 1 heterocycles. The van der Waals surface area contributed by atoms with Gasteiger partial charge in [0.1, 0.15) is 0 Å². The van der Waals surface area contributed by atoms with Gasteiger partial charge in [-0.3, -0.25) is 4.79 Å². The van der Waals surface area contributed by atoms with E-state index < -0.39 is 17.6 Å². The molecule has 128 valence electrons. The molecule has 0 saturated heterocycles. The fourth-order valence-corrected chi connectivity index (χ4v) is 2.17. The van der Waals surface area contributed by atoms with Crippen LogP contribution in [0, 0.1) is 0 Å². The number of allylic oxidation sites excluding steroid dienone is 1. The average molecular weight is 340 g/mol. The molecule has 0 spiro atoms. The van der Waals surface area contributed by atoms with E-state index in [1.165, 1.54) is 38.4 Å². The Morgan fingerprint density at radius 2 is 2.00 bits per heavy atom. The Hall–Kier alpha value is -2.74. The van der Waals surface area contributed by atoms with Gasteiger partial charge < -0.3 is 14.6 Å². The standard InChI is InChI=1S/C16H15F3N2O3/c1-9(10-4-3-5-11(8-10)16(17,18)19)13(24-20)14-12(6-7-23-14)15(22)21-2/h3-8H,20H2,1-2H3,(H,21,22). The molecule has 0 unspecified atom stereocenters. The molecule has 0 radical (unpaired) electrons. The van der Waals surface area contributed by atoms with Crippen LogP contribution in [0.5, 0.6) is 0 Å². The highest BCUT2D eigenvalue weighted by atomic mass is 19.4. The number of carbonyl (C=O) groups is 1. The van der Waals surface area contributed by atoms with E-state index in [1.54, 1.807) is 0 Å². The van der Waals surface area contributed by atoms with E-state index in [4.69, 9.17) is 15.2 Å². The van der Waals surface area contributed by atoms with E-state index >= 15 is 0 Å². The first kappa shape index (κ1) is 17.6. The quantitative estimate of drug-likeness (QED) is 0.660. The Morgan fingerprint density at radius 3 is 2.58 bits per heavy atom. The van der Waals surface area contributed by atoms with Crippen molar-refractivity contribution < 1.29 is 27.2 Å². The molecule has 0 aliphatic heterocycles. The number of hydrogen-bond donors (Lipinski definition) is 2. The molecule has 2 aromatic rings. The fraction of sp³-hybridized carbons (Fsp3) is 0.188. The lowest BCUT2D eigenvalue weighted by Gasteiger charge is -2.12. The predicted molar refractivity (Wildman–Crippen MR) is 81.3 cm³/mol. The summed E-state index contributed by atoms with van der Waals surface area (Å²) in [5.74, 6) is 4.83. The molecule has 8 heteroatoms. The van der Waals surface area contributed by atoms with Crippen LogP contribution in [0.4, 0.5) is 13.2 Å². The van der Waals surface area contributed by atoms with Gasteiger partial charge >= 0.3 is 6.18 Å². The molecular formula is C16H15F3N2O3. The Morgan fingerprint density at radius 1 is 1.29 bits per heavy atom. The fourth-order valence-electron chi connectivity index (χ4n) is 2.17. The van der Waals surface area contributed by atoms with E-state index in [2.05, 4.69) is 5.32 Å². The van der Waals surface area contributed by atoms with Crippen molar-refractivity contribution in [2.24, 2.45) is 5.90 Å². The maximum absolute atomic E-state index is 12.9. The third kappa shape index (κ3) is 3.43. The third-order valence-electron chi connectivity index (χ3n) is 3.42. The minimum absolute atomic E-state index is 0.0297. The van der Waals surface area contributed by atoms with Gasteiger partial charge in [-0.1, -0.05) is 12.1 Å². The average Bonchev–Trinajstić information content (AvgIpc) is 3.03. The predicted octanol–water partition coefficient (Wildman–Crippen LogP) is 3.44. The molecular weight excluding hydrogens is 325 g/mol. The van der Waals surface area contributed by atoms with Crippen LogP contribution in [0.2, 0.25) is 0 Å². The van der Waals surface area contributed by atoms with E-state index in [9.17, 15) is 18.0 Å². The second-order valence-corrected chi connectivity index (χ2v) is 4.89. The zero-order chi connectivity index (χ0) is 17.9. The first-order chi connectivity index (χ1) is 11.3. The Kier molecular flexibility index (Phi) is 4.99. The summed E-state index contributed by atoms with van der Waals surface area (Å²) >= 11 is 0. The highest BCUT2D eigenvalue weighted by molar-refractivity contribution is 6.00. The second kappa shape index (κ2) is 6.79. The SMILES string of the molecule is CNC(=O)c1ccoc1C(ON)=C(C)c1cccc(C(F)(F)F)c1. The summed E-state index contributed by atoms with van der Waals surface area (Å²) in [5, 5.41) is 2.43. The topological polar surface area (TPSA) is 77.5 Å². The van der Waals surface area contributed by atoms with Crippen molar-refractivity contribution in [1.82, 2.24) is 5.32 Å². The van der Waals surface area contributed by atoms with Crippen LogP contribution >= 0.6 is 0 Å². The number of hydrogen-bond acceptors (Lipinski definition) is 4. The van der Waals surface area contributed by atoms with E-state index in [0.29, 0.717) is 5.57 Å². The molecule has 3 N–H and O–H groups in total. The molecule has 24 heavy (non-hydrogen) atoms. The van der Waals surface area contributed by atoms with Gasteiger partial charge in [0, 0.05) is 12.6 Å². The summed E-state index contributed by atoms with van der Waals surface area (Å²) in [6, 6.07) is 6.09. The van der Waals surface area contributed by atoms with Crippen LogP contribution < -0.4 is 11.2 Å². The normalized spacial score (nSPS) is 12.6. The van der Waals surface area contributed by atoms with Crippen LogP contribution in [-0.2, 0) is 11.0 Å². The Labute approximate surface area is 135 Å². The van der Waals surface area contributed by atoms with Crippen LogP contribution in [0.25, 0.3) is 11.3 Å². The molecule has 0 atom stereocenters. The first-order valence-electron chi connectivity index (χ1n) is 6.84. The smallest absolute Gasteiger partial charge is 0.416 e. The largest absolute Gasteiger partial charge is 0.460 e. The van der Waals surface area contributed by atoms with Gasteiger partial charge in [0.15, 0.2) is 11.5 Å². The lowest BCUT2D eigenvalue weighted by Crippen LogP contribution is -2.19. The molecule has 0 aliphatic rings. The van der Waals surface area contributed by atoms with Crippen LogP contribution in [-0.4, -0.2) is 13.0 Å². The Bertz CT molecular complexity index is 779. The maximum atomic E-state index is 12.9. The number of alkyl halides is 3. The van der Waals surface area contributed by atoms with Crippen molar-refractivity contribution in [3.63, 3.8) is 0 Å². The summed E-state index contributed by atoms with van der Waals surface area (Å²) in [6.45, 7) is 1.52. The van der Waals surface area contributed by atoms with Crippen LogP contribution in [0.1, 0.15) is 34.2 Å². The van der Waals surface area contributed by atoms with Crippen molar-refractivity contribution in [3.05, 3.63) is 59.0 Å². The number of nitrogens with two attached hydrogens (primary N) is 1. The van der Waals surface area contributed by atoms with E-state index in [-0.39, 0.29) is 22.6 Å². The number of furan rings is 1.